The summed E-state index contributed by atoms with van der Waals surface area (Å²) >= 11 is 0. The Kier molecular flexibility index (Phi) is 10.3. The summed E-state index contributed by atoms with van der Waals surface area (Å²) in [5.41, 5.74) is 1.16. The van der Waals surface area contributed by atoms with Gasteiger partial charge in [0, 0.05) is 32.6 Å². The lowest BCUT2D eigenvalue weighted by atomic mass is 10.1. The van der Waals surface area contributed by atoms with E-state index >= 15 is 0 Å². The number of aliphatic imine (C=N–C) groups is 1. The van der Waals surface area contributed by atoms with Gasteiger partial charge in [-0.1, -0.05) is 19.1 Å². The molecule has 8 nitrogen and oxygen atoms in total. The van der Waals surface area contributed by atoms with Crippen molar-refractivity contribution >= 4 is 5.96 Å². The van der Waals surface area contributed by atoms with Crippen LogP contribution in [0.5, 0.6) is 11.5 Å². The van der Waals surface area contributed by atoms with E-state index in [1.807, 2.05) is 36.6 Å². The number of nitrogens with zero attached hydrogens (tertiary/aromatic N) is 4. The highest BCUT2D eigenvalue weighted by atomic mass is 16.5. The highest BCUT2D eigenvalue weighted by Crippen LogP contribution is 2.28. The van der Waals surface area contributed by atoms with E-state index in [-0.39, 0.29) is 0 Å². The third-order valence-electron chi connectivity index (χ3n) is 4.35. The normalized spacial score (nSPS) is 11.2. The molecule has 1 aromatic heterocycles. The fraction of sp³-hybridized carbons (Fsp3) is 0.500. The largest absolute Gasteiger partial charge is 0.490 e. The summed E-state index contributed by atoms with van der Waals surface area (Å²) in [5, 5.41) is 14.7. The van der Waals surface area contributed by atoms with E-state index in [9.17, 15) is 0 Å². The van der Waals surface area contributed by atoms with Crippen LogP contribution in [-0.4, -0.2) is 53.6 Å². The maximum absolute atomic E-state index is 5.71. The Labute approximate surface area is 179 Å². The van der Waals surface area contributed by atoms with Crippen LogP contribution >= 0.6 is 0 Å². The average Bonchev–Trinajstić information content (AvgIpc) is 3.21. The number of benzene rings is 1. The Morgan fingerprint density at radius 3 is 2.70 bits per heavy atom. The molecule has 0 aliphatic heterocycles. The molecule has 2 rings (SSSR count). The van der Waals surface area contributed by atoms with Crippen molar-refractivity contribution in [1.29, 1.82) is 0 Å². The van der Waals surface area contributed by atoms with E-state index in [0.29, 0.717) is 26.3 Å². The molecule has 0 saturated heterocycles. The molecule has 0 aliphatic carbocycles. The zero-order valence-corrected chi connectivity index (χ0v) is 18.4. The van der Waals surface area contributed by atoms with Gasteiger partial charge in [0.05, 0.1) is 13.2 Å². The Bertz CT molecular complexity index is 803. The summed E-state index contributed by atoms with van der Waals surface area (Å²) in [5.74, 6) is 3.30. The van der Waals surface area contributed by atoms with E-state index in [1.54, 1.807) is 6.33 Å². The summed E-state index contributed by atoms with van der Waals surface area (Å²) in [6.07, 6.45) is 5.24. The van der Waals surface area contributed by atoms with Crippen LogP contribution in [0.4, 0.5) is 0 Å². The van der Waals surface area contributed by atoms with Gasteiger partial charge in [-0.2, -0.15) is 0 Å². The Hall–Kier alpha value is -3.03. The first-order chi connectivity index (χ1) is 14.7. The van der Waals surface area contributed by atoms with E-state index < -0.39 is 0 Å². The highest BCUT2D eigenvalue weighted by molar-refractivity contribution is 5.79. The summed E-state index contributed by atoms with van der Waals surface area (Å²) in [7, 11) is 0. The number of hydrogen-bond acceptors (Lipinski definition) is 5. The van der Waals surface area contributed by atoms with Crippen molar-refractivity contribution in [2.75, 3.05) is 32.8 Å². The van der Waals surface area contributed by atoms with Crippen molar-refractivity contribution in [1.82, 2.24) is 25.4 Å². The van der Waals surface area contributed by atoms with Crippen LogP contribution in [0.2, 0.25) is 0 Å². The van der Waals surface area contributed by atoms with Crippen LogP contribution in [0.3, 0.4) is 0 Å². The van der Waals surface area contributed by atoms with Crippen molar-refractivity contribution in [2.24, 2.45) is 4.99 Å². The number of aryl methyl sites for hydroxylation is 1. The molecule has 0 fully saturated rings. The molecule has 164 valence electrons. The number of guanidine groups is 1. The van der Waals surface area contributed by atoms with Crippen LogP contribution < -0.4 is 20.1 Å². The Balaban J connectivity index is 1.93. The summed E-state index contributed by atoms with van der Waals surface area (Å²) in [6.45, 7) is 13.8. The average molecular weight is 415 g/mol. The third-order valence-corrected chi connectivity index (χ3v) is 4.35. The maximum Gasteiger partial charge on any atom is 0.191 e. The van der Waals surface area contributed by atoms with Crippen molar-refractivity contribution < 1.29 is 9.47 Å². The lowest BCUT2D eigenvalue weighted by Crippen LogP contribution is -2.39. The monoisotopic (exact) mass is 414 g/mol. The SMILES string of the molecule is C=CCNC(=NCCc1ccc(OCC)c(OCC)c1)NCCn1cnnc1CC. The summed E-state index contributed by atoms with van der Waals surface area (Å²) in [4.78, 5) is 4.69. The number of rotatable bonds is 13. The summed E-state index contributed by atoms with van der Waals surface area (Å²) in [6, 6.07) is 6.06. The van der Waals surface area contributed by atoms with Gasteiger partial charge in [0.2, 0.25) is 0 Å². The van der Waals surface area contributed by atoms with E-state index in [0.717, 1.165) is 54.8 Å². The Morgan fingerprint density at radius 2 is 1.97 bits per heavy atom. The predicted molar refractivity (Wildman–Crippen MR) is 120 cm³/mol. The minimum Gasteiger partial charge on any atom is -0.490 e. The molecule has 2 aromatic rings. The topological polar surface area (TPSA) is 85.6 Å². The van der Waals surface area contributed by atoms with Crippen LogP contribution in [-0.2, 0) is 19.4 Å². The van der Waals surface area contributed by atoms with Gasteiger partial charge in [-0.3, -0.25) is 4.99 Å². The first kappa shape index (κ1) is 23.3. The molecule has 8 heteroatoms. The van der Waals surface area contributed by atoms with Gasteiger partial charge < -0.3 is 24.7 Å². The van der Waals surface area contributed by atoms with Crippen LogP contribution in [0.15, 0.2) is 42.2 Å². The van der Waals surface area contributed by atoms with Crippen LogP contribution in [0.1, 0.15) is 32.2 Å². The van der Waals surface area contributed by atoms with Crippen molar-refractivity contribution in [3.8, 4) is 11.5 Å². The van der Waals surface area contributed by atoms with E-state index in [2.05, 4.69) is 45.4 Å². The van der Waals surface area contributed by atoms with Gasteiger partial charge in [0.1, 0.15) is 12.2 Å². The molecule has 0 radical (unpaired) electrons. The lowest BCUT2D eigenvalue weighted by molar-refractivity contribution is 0.287. The number of nitrogens with one attached hydrogen (secondary N) is 2. The molecule has 2 N–H and O–H groups in total. The smallest absolute Gasteiger partial charge is 0.191 e. The van der Waals surface area contributed by atoms with Gasteiger partial charge in [0.15, 0.2) is 17.5 Å². The second-order valence-electron chi connectivity index (χ2n) is 6.52. The molecule has 0 atom stereocenters. The van der Waals surface area contributed by atoms with Crippen LogP contribution in [0, 0.1) is 0 Å². The zero-order valence-electron chi connectivity index (χ0n) is 18.4. The maximum atomic E-state index is 5.71. The fourth-order valence-corrected chi connectivity index (χ4v) is 2.93. The fourth-order valence-electron chi connectivity index (χ4n) is 2.93. The first-order valence-corrected chi connectivity index (χ1v) is 10.6. The Morgan fingerprint density at radius 1 is 1.17 bits per heavy atom. The number of hydrogen-bond donors (Lipinski definition) is 2. The molecule has 0 saturated carbocycles. The molecule has 0 unspecified atom stereocenters. The van der Waals surface area contributed by atoms with Crippen molar-refractivity contribution in [3.63, 3.8) is 0 Å². The first-order valence-electron chi connectivity index (χ1n) is 10.6. The van der Waals surface area contributed by atoms with Gasteiger partial charge in [-0.25, -0.2) is 0 Å². The van der Waals surface area contributed by atoms with Gasteiger partial charge in [0.25, 0.3) is 0 Å². The third kappa shape index (κ3) is 7.42. The number of aromatic nitrogens is 3. The van der Waals surface area contributed by atoms with Gasteiger partial charge >= 0.3 is 0 Å². The van der Waals surface area contributed by atoms with Crippen molar-refractivity contribution in [3.05, 3.63) is 48.6 Å². The van der Waals surface area contributed by atoms with Gasteiger partial charge in [-0.15, -0.1) is 16.8 Å². The van der Waals surface area contributed by atoms with E-state index in [1.165, 1.54) is 0 Å². The predicted octanol–water partition coefficient (Wildman–Crippen LogP) is 2.60. The zero-order chi connectivity index (χ0) is 21.6. The molecule has 0 aliphatic rings. The minimum atomic E-state index is 0.605. The minimum absolute atomic E-state index is 0.605. The molecule has 1 heterocycles. The molecule has 1 aromatic carbocycles. The van der Waals surface area contributed by atoms with Crippen LogP contribution in [0.25, 0.3) is 0 Å². The molecule has 30 heavy (non-hydrogen) atoms. The standard InChI is InChI=1S/C22H34N6O2/c1-5-12-23-22(25-14-15-28-17-26-27-21(28)6-2)24-13-11-18-9-10-19(29-7-3)20(16-18)30-8-4/h5,9-10,16-17H,1,6-8,11-15H2,2-4H3,(H2,23,24,25). The quantitative estimate of drug-likeness (QED) is 0.298. The van der Waals surface area contributed by atoms with Crippen molar-refractivity contribution in [2.45, 2.75) is 40.2 Å². The second kappa shape index (κ2) is 13.2. The van der Waals surface area contributed by atoms with Gasteiger partial charge in [-0.05, 0) is 38.0 Å². The summed E-state index contributed by atoms with van der Waals surface area (Å²) < 4.78 is 13.4. The second-order valence-corrected chi connectivity index (χ2v) is 6.52. The number of ether oxygens (including phenoxy) is 2. The molecule has 0 spiro atoms. The molecular weight excluding hydrogens is 380 g/mol. The lowest BCUT2D eigenvalue weighted by Gasteiger charge is -2.13. The van der Waals surface area contributed by atoms with E-state index in [4.69, 9.17) is 9.47 Å². The highest BCUT2D eigenvalue weighted by Gasteiger charge is 2.06. The molecule has 0 bridgehead atoms. The molecular formula is C22H34N6O2. The molecule has 0 amide bonds.